The van der Waals surface area contributed by atoms with Crippen LogP contribution in [0.1, 0.15) is 68.2 Å². The zero-order valence-electron chi connectivity index (χ0n) is 28.3. The normalized spacial score (nSPS) is 11.9. The van der Waals surface area contributed by atoms with E-state index in [1.165, 1.54) is 131 Å². The summed E-state index contributed by atoms with van der Waals surface area (Å²) in [6.45, 7) is 4.50. The Bertz CT molecular complexity index is 2110. The Kier molecular flexibility index (Phi) is 11.9. The molecule has 236 valence electrons. The van der Waals surface area contributed by atoms with Crippen LogP contribution in [0.4, 0.5) is 0 Å². The molecule has 0 atom stereocenters. The molecule has 7 aromatic rings. The van der Waals surface area contributed by atoms with E-state index in [0.29, 0.717) is 0 Å². The first kappa shape index (κ1) is 33.8. The molecule has 7 aromatic carbocycles. The van der Waals surface area contributed by atoms with E-state index >= 15 is 0 Å². The number of rotatable bonds is 8. The number of fused-ring (bicyclic) bond motifs is 8. The van der Waals surface area contributed by atoms with Crippen molar-refractivity contribution in [3.05, 3.63) is 174 Å². The minimum atomic E-state index is 1.01. The van der Waals surface area contributed by atoms with Gasteiger partial charge in [-0.2, -0.15) is 6.08 Å². The van der Waals surface area contributed by atoms with Crippen LogP contribution in [0.15, 0.2) is 146 Å². The van der Waals surface area contributed by atoms with Crippen molar-refractivity contribution in [3.63, 3.8) is 0 Å². The summed E-state index contributed by atoms with van der Waals surface area (Å²) in [4.78, 5) is 0. The van der Waals surface area contributed by atoms with Gasteiger partial charge in [0.1, 0.15) is 0 Å². The summed E-state index contributed by atoms with van der Waals surface area (Å²) in [6, 6.07) is 46.9. The van der Waals surface area contributed by atoms with Crippen molar-refractivity contribution in [2.45, 2.75) is 58.8 Å². The van der Waals surface area contributed by atoms with Crippen LogP contribution < -0.4 is 0 Å². The summed E-state index contributed by atoms with van der Waals surface area (Å²) in [5, 5.41) is 10.8. The first-order valence-corrected chi connectivity index (χ1v) is 18.8. The standard InChI is InChI=1S/C21H13.C21H26.C5H5.Zr/c1-2-8-15-14(7-1)13-20-18-11-4-3-9-16(18)17-10-5-6-12-19(17)21(15)20;1-3-5-7-18-9-13-20(14-10-18)17-21-15-11-19(12-16-21)8-6-4-2;1-2-4-5-3-1;/h1-13H;9-16H,3-8H2,1-2H3;1-3H,4H2;/q-1;;-1;+2. The van der Waals surface area contributed by atoms with Gasteiger partial charge in [-0.05, 0) is 10.8 Å². The van der Waals surface area contributed by atoms with E-state index in [2.05, 4.69) is 153 Å². The molecule has 1 heteroatoms. The summed E-state index contributed by atoms with van der Waals surface area (Å²) in [6.07, 6.45) is 17.5. The molecule has 0 heterocycles. The molecule has 0 radical (unpaired) electrons. The number of unbranched alkanes of at least 4 members (excludes halogenated alkanes) is 2. The minimum Gasteiger partial charge on any atom is -0.273 e. The van der Waals surface area contributed by atoms with Gasteiger partial charge < -0.3 is 0 Å². The van der Waals surface area contributed by atoms with Crippen LogP contribution in [-0.4, -0.2) is 3.21 Å². The average molecular weight is 700 g/mol. The minimum absolute atomic E-state index is 1.01. The smallest absolute Gasteiger partial charge is 0.0255 e. The molecular formula is C47H44Zr. The second kappa shape index (κ2) is 16.9. The van der Waals surface area contributed by atoms with Gasteiger partial charge in [0, 0.05) is 0 Å². The van der Waals surface area contributed by atoms with Crippen molar-refractivity contribution in [2.75, 3.05) is 0 Å². The first-order valence-electron chi connectivity index (χ1n) is 17.5. The Labute approximate surface area is 301 Å². The van der Waals surface area contributed by atoms with E-state index in [1.807, 2.05) is 12.2 Å². The number of hydrogen-bond acceptors (Lipinski definition) is 0. The van der Waals surface area contributed by atoms with E-state index in [1.54, 1.807) is 0 Å². The fourth-order valence-corrected chi connectivity index (χ4v) is 7.38. The molecule has 0 aliphatic heterocycles. The molecule has 0 fully saturated rings. The number of hydrogen-bond donors (Lipinski definition) is 0. The van der Waals surface area contributed by atoms with Gasteiger partial charge in [-0.15, -0.1) is 40.1 Å². The predicted molar refractivity (Wildman–Crippen MR) is 207 cm³/mol. The summed E-state index contributed by atoms with van der Waals surface area (Å²) in [5.74, 6) is 0. The van der Waals surface area contributed by atoms with Crippen molar-refractivity contribution in [1.29, 1.82) is 0 Å². The number of allylic oxidation sites excluding steroid dienone is 4. The van der Waals surface area contributed by atoms with Crippen LogP contribution >= 0.6 is 0 Å². The zero-order valence-corrected chi connectivity index (χ0v) is 30.8. The molecule has 0 unspecified atom stereocenters. The van der Waals surface area contributed by atoms with E-state index in [4.69, 9.17) is 0 Å². The molecule has 0 aromatic heterocycles. The third-order valence-electron chi connectivity index (χ3n) is 9.21. The topological polar surface area (TPSA) is 0 Å². The maximum Gasteiger partial charge on any atom is -0.0255 e. The van der Waals surface area contributed by atoms with Crippen LogP contribution in [0.25, 0.3) is 43.1 Å². The van der Waals surface area contributed by atoms with Crippen molar-refractivity contribution >= 4 is 46.3 Å². The summed E-state index contributed by atoms with van der Waals surface area (Å²) in [5.41, 5.74) is 5.67. The third-order valence-corrected chi connectivity index (χ3v) is 10.6. The Morgan fingerprint density at radius 2 is 1.10 bits per heavy atom. The van der Waals surface area contributed by atoms with Crippen LogP contribution in [0.2, 0.25) is 0 Å². The maximum atomic E-state index is 2.99. The molecule has 0 spiro atoms. The molecule has 1 aliphatic rings. The molecule has 0 amide bonds. The summed E-state index contributed by atoms with van der Waals surface area (Å²) < 4.78 is 1.45. The Hall–Kier alpha value is -4.06. The first-order chi connectivity index (χ1) is 23.7. The van der Waals surface area contributed by atoms with Crippen LogP contribution in [0.5, 0.6) is 0 Å². The van der Waals surface area contributed by atoms with Crippen LogP contribution in [-0.2, 0) is 37.1 Å². The predicted octanol–water partition coefficient (Wildman–Crippen LogP) is 12.8. The molecular weight excluding hydrogens is 656 g/mol. The Morgan fingerprint density at radius 3 is 1.60 bits per heavy atom. The average Bonchev–Trinajstić information content (AvgIpc) is 3.87. The second-order valence-electron chi connectivity index (χ2n) is 12.6. The summed E-state index contributed by atoms with van der Waals surface area (Å²) in [7, 11) is 0. The third kappa shape index (κ3) is 7.97. The van der Waals surface area contributed by atoms with E-state index in [0.717, 1.165) is 6.42 Å². The molecule has 0 saturated carbocycles. The van der Waals surface area contributed by atoms with E-state index < -0.39 is 0 Å². The van der Waals surface area contributed by atoms with E-state index in [-0.39, 0.29) is 0 Å². The molecule has 48 heavy (non-hydrogen) atoms. The Balaban J connectivity index is 0.000000146. The van der Waals surface area contributed by atoms with Gasteiger partial charge in [0.2, 0.25) is 0 Å². The van der Waals surface area contributed by atoms with Gasteiger partial charge in [-0.25, -0.2) is 12.2 Å². The SMILES string of the molecule is CCCCc1ccc([C](=[Zr+2])c2ccc(CCCC)cc2)cc1.[C-]1=CC=CC1.c1ccc2c(c1)[cH-]c1c3ccccc3c3ccccc3c21. The molecule has 0 nitrogen and oxygen atoms in total. The monoisotopic (exact) mass is 698 g/mol. The van der Waals surface area contributed by atoms with Gasteiger partial charge in [0.05, 0.1) is 0 Å². The molecule has 8 rings (SSSR count). The second-order valence-corrected chi connectivity index (χ2v) is 13.8. The van der Waals surface area contributed by atoms with Gasteiger partial charge in [0.25, 0.3) is 0 Å². The zero-order chi connectivity index (χ0) is 33.1. The number of benzene rings is 6. The van der Waals surface area contributed by atoms with Gasteiger partial charge in [0.15, 0.2) is 0 Å². The van der Waals surface area contributed by atoms with E-state index in [9.17, 15) is 0 Å². The Morgan fingerprint density at radius 1 is 0.604 bits per heavy atom. The fraction of sp³-hybridized carbons (Fsp3) is 0.191. The molecule has 0 bridgehead atoms. The van der Waals surface area contributed by atoms with Crippen molar-refractivity contribution in [3.8, 4) is 0 Å². The summed E-state index contributed by atoms with van der Waals surface area (Å²) >= 11 is 1.48. The van der Waals surface area contributed by atoms with Gasteiger partial charge in [-0.3, -0.25) is 6.08 Å². The number of aryl methyl sites for hydroxylation is 2. The van der Waals surface area contributed by atoms with Gasteiger partial charge >= 0.3 is 151 Å². The molecule has 0 N–H and O–H groups in total. The van der Waals surface area contributed by atoms with Gasteiger partial charge in [-0.1, -0.05) is 77.5 Å². The maximum absolute atomic E-state index is 2.99. The van der Waals surface area contributed by atoms with Crippen molar-refractivity contribution < 1.29 is 24.2 Å². The molecule has 0 saturated heterocycles. The quantitative estimate of drug-likeness (QED) is 0.109. The van der Waals surface area contributed by atoms with Crippen molar-refractivity contribution in [2.24, 2.45) is 0 Å². The fourth-order valence-electron chi connectivity index (χ4n) is 6.56. The van der Waals surface area contributed by atoms with Crippen molar-refractivity contribution in [1.82, 2.24) is 0 Å². The van der Waals surface area contributed by atoms with Crippen LogP contribution in [0, 0.1) is 6.08 Å². The molecule has 1 aliphatic carbocycles. The van der Waals surface area contributed by atoms with Crippen LogP contribution in [0.3, 0.4) is 0 Å². The largest absolute Gasteiger partial charge is 0.273 e.